The highest BCUT2D eigenvalue weighted by molar-refractivity contribution is 5.57. The Balaban J connectivity index is 2.71. The SMILES string of the molecule is COc1ccc([N+](=O)[O-])c(-n2c(C)ccc2C)c1. The summed E-state index contributed by atoms with van der Waals surface area (Å²) in [5, 5.41) is 11.1. The average molecular weight is 246 g/mol. The average Bonchev–Trinajstić information content (AvgIpc) is 2.68. The van der Waals surface area contributed by atoms with E-state index in [1.54, 1.807) is 19.2 Å². The van der Waals surface area contributed by atoms with Gasteiger partial charge in [0.2, 0.25) is 0 Å². The van der Waals surface area contributed by atoms with Gasteiger partial charge in [0, 0.05) is 23.5 Å². The summed E-state index contributed by atoms with van der Waals surface area (Å²) in [6.07, 6.45) is 0. The molecular formula is C13H14N2O3. The zero-order valence-electron chi connectivity index (χ0n) is 10.5. The molecule has 0 amide bonds. The highest BCUT2D eigenvalue weighted by atomic mass is 16.6. The lowest BCUT2D eigenvalue weighted by Crippen LogP contribution is -2.03. The van der Waals surface area contributed by atoms with Gasteiger partial charge in [-0.05, 0) is 32.0 Å². The fourth-order valence-electron chi connectivity index (χ4n) is 2.01. The third-order valence-corrected chi connectivity index (χ3v) is 2.89. The molecule has 0 aliphatic heterocycles. The fraction of sp³-hybridized carbons (Fsp3) is 0.231. The molecule has 0 atom stereocenters. The minimum absolute atomic E-state index is 0.0678. The first kappa shape index (κ1) is 12.2. The quantitative estimate of drug-likeness (QED) is 0.618. The van der Waals surface area contributed by atoms with Crippen LogP contribution in [0, 0.1) is 24.0 Å². The Kier molecular flexibility index (Phi) is 3.06. The summed E-state index contributed by atoms with van der Waals surface area (Å²) in [7, 11) is 1.54. The number of benzene rings is 1. The fourth-order valence-corrected chi connectivity index (χ4v) is 2.01. The van der Waals surface area contributed by atoms with E-state index in [2.05, 4.69) is 0 Å². The maximum absolute atomic E-state index is 11.1. The van der Waals surface area contributed by atoms with Crippen LogP contribution >= 0.6 is 0 Å². The van der Waals surface area contributed by atoms with E-state index < -0.39 is 0 Å². The van der Waals surface area contributed by atoms with E-state index in [1.807, 2.05) is 30.5 Å². The number of nitro groups is 1. The normalized spacial score (nSPS) is 10.4. The van der Waals surface area contributed by atoms with Crippen molar-refractivity contribution in [2.24, 2.45) is 0 Å². The van der Waals surface area contributed by atoms with Gasteiger partial charge < -0.3 is 9.30 Å². The number of ether oxygens (including phenoxy) is 1. The van der Waals surface area contributed by atoms with Crippen LogP contribution in [0.4, 0.5) is 5.69 Å². The molecule has 0 saturated heterocycles. The van der Waals surface area contributed by atoms with Crippen molar-refractivity contribution in [2.75, 3.05) is 7.11 Å². The summed E-state index contributed by atoms with van der Waals surface area (Å²) in [4.78, 5) is 10.7. The Bertz CT molecular complexity index is 583. The van der Waals surface area contributed by atoms with Gasteiger partial charge in [-0.3, -0.25) is 10.1 Å². The Morgan fingerprint density at radius 1 is 1.17 bits per heavy atom. The molecule has 0 bridgehead atoms. The van der Waals surface area contributed by atoms with E-state index in [4.69, 9.17) is 4.74 Å². The second-order valence-electron chi connectivity index (χ2n) is 4.06. The lowest BCUT2D eigenvalue weighted by Gasteiger charge is -2.11. The largest absolute Gasteiger partial charge is 0.497 e. The minimum atomic E-state index is -0.381. The molecule has 1 aromatic heterocycles. The van der Waals surface area contributed by atoms with Gasteiger partial charge in [0.1, 0.15) is 11.4 Å². The summed E-state index contributed by atoms with van der Waals surface area (Å²) in [5.41, 5.74) is 2.49. The number of hydrogen-bond acceptors (Lipinski definition) is 3. The first-order valence-electron chi connectivity index (χ1n) is 5.52. The van der Waals surface area contributed by atoms with Crippen molar-refractivity contribution in [1.82, 2.24) is 4.57 Å². The first-order valence-corrected chi connectivity index (χ1v) is 5.52. The molecule has 0 spiro atoms. The summed E-state index contributed by atoms with van der Waals surface area (Å²) in [5.74, 6) is 0.600. The third kappa shape index (κ3) is 1.95. The van der Waals surface area contributed by atoms with Crippen LogP contribution in [0.3, 0.4) is 0 Å². The molecule has 1 aromatic carbocycles. The number of rotatable bonds is 3. The number of aryl methyl sites for hydroxylation is 2. The van der Waals surface area contributed by atoms with Crippen molar-refractivity contribution in [1.29, 1.82) is 0 Å². The summed E-state index contributed by atoms with van der Waals surface area (Å²) >= 11 is 0. The molecule has 5 heteroatoms. The molecule has 0 aliphatic rings. The number of nitro benzene ring substituents is 1. The topological polar surface area (TPSA) is 57.3 Å². The van der Waals surface area contributed by atoms with E-state index >= 15 is 0 Å². The van der Waals surface area contributed by atoms with E-state index in [0.29, 0.717) is 11.4 Å². The van der Waals surface area contributed by atoms with Crippen molar-refractivity contribution in [3.05, 3.63) is 51.8 Å². The smallest absolute Gasteiger partial charge is 0.293 e. The Labute approximate surface area is 105 Å². The summed E-state index contributed by atoms with van der Waals surface area (Å²) < 4.78 is 6.98. The van der Waals surface area contributed by atoms with Crippen LogP contribution < -0.4 is 4.74 Å². The predicted molar refractivity (Wildman–Crippen MR) is 68.4 cm³/mol. The molecular weight excluding hydrogens is 232 g/mol. The van der Waals surface area contributed by atoms with E-state index in [1.165, 1.54) is 6.07 Å². The number of nitrogens with zero attached hydrogens (tertiary/aromatic N) is 2. The highest BCUT2D eigenvalue weighted by Crippen LogP contribution is 2.29. The van der Waals surface area contributed by atoms with Crippen LogP contribution in [-0.4, -0.2) is 16.6 Å². The molecule has 1 heterocycles. The molecule has 18 heavy (non-hydrogen) atoms. The maximum Gasteiger partial charge on any atom is 0.293 e. The zero-order chi connectivity index (χ0) is 13.3. The third-order valence-electron chi connectivity index (χ3n) is 2.89. The summed E-state index contributed by atoms with van der Waals surface area (Å²) in [6.45, 7) is 3.83. The molecule has 0 N–H and O–H groups in total. The minimum Gasteiger partial charge on any atom is -0.497 e. The highest BCUT2D eigenvalue weighted by Gasteiger charge is 2.18. The molecule has 0 unspecified atom stereocenters. The molecule has 0 radical (unpaired) electrons. The number of hydrogen-bond donors (Lipinski definition) is 0. The van der Waals surface area contributed by atoms with Gasteiger partial charge in [-0.25, -0.2) is 0 Å². The van der Waals surface area contributed by atoms with Crippen molar-refractivity contribution in [3.63, 3.8) is 0 Å². The standard InChI is InChI=1S/C13H14N2O3/c1-9-4-5-10(2)14(9)13-8-11(18-3)6-7-12(13)15(16)17/h4-8H,1-3H3. The zero-order valence-corrected chi connectivity index (χ0v) is 10.5. The van der Waals surface area contributed by atoms with E-state index in [0.717, 1.165) is 11.4 Å². The lowest BCUT2D eigenvalue weighted by molar-refractivity contribution is -0.384. The van der Waals surface area contributed by atoms with Gasteiger partial charge in [0.15, 0.2) is 0 Å². The van der Waals surface area contributed by atoms with Crippen LogP contribution in [0.5, 0.6) is 5.75 Å². The van der Waals surface area contributed by atoms with Crippen molar-refractivity contribution >= 4 is 5.69 Å². The number of aromatic nitrogens is 1. The van der Waals surface area contributed by atoms with Crippen molar-refractivity contribution in [3.8, 4) is 11.4 Å². The molecule has 5 nitrogen and oxygen atoms in total. The van der Waals surface area contributed by atoms with Crippen LogP contribution in [0.25, 0.3) is 5.69 Å². The Hall–Kier alpha value is -2.30. The first-order chi connectivity index (χ1) is 8.54. The molecule has 2 rings (SSSR count). The Morgan fingerprint density at radius 2 is 1.78 bits per heavy atom. The molecule has 2 aromatic rings. The Morgan fingerprint density at radius 3 is 2.28 bits per heavy atom. The van der Waals surface area contributed by atoms with Gasteiger partial charge in [-0.2, -0.15) is 0 Å². The monoisotopic (exact) mass is 246 g/mol. The predicted octanol–water partition coefficient (Wildman–Crippen LogP) is 3.01. The second kappa shape index (κ2) is 4.52. The van der Waals surface area contributed by atoms with Gasteiger partial charge in [0.25, 0.3) is 5.69 Å². The maximum atomic E-state index is 11.1. The van der Waals surface area contributed by atoms with Crippen molar-refractivity contribution < 1.29 is 9.66 Å². The molecule has 0 aliphatic carbocycles. The molecule has 0 saturated carbocycles. The molecule has 94 valence electrons. The summed E-state index contributed by atoms with van der Waals surface area (Å²) in [6, 6.07) is 8.60. The van der Waals surface area contributed by atoms with Crippen LogP contribution in [0.15, 0.2) is 30.3 Å². The number of methoxy groups -OCH3 is 1. The van der Waals surface area contributed by atoms with Gasteiger partial charge >= 0.3 is 0 Å². The van der Waals surface area contributed by atoms with Crippen LogP contribution in [0.1, 0.15) is 11.4 Å². The second-order valence-corrected chi connectivity index (χ2v) is 4.06. The van der Waals surface area contributed by atoms with Gasteiger partial charge in [-0.15, -0.1) is 0 Å². The van der Waals surface area contributed by atoms with Crippen LogP contribution in [-0.2, 0) is 0 Å². The lowest BCUT2D eigenvalue weighted by atomic mass is 10.2. The van der Waals surface area contributed by atoms with E-state index in [9.17, 15) is 10.1 Å². The van der Waals surface area contributed by atoms with E-state index in [-0.39, 0.29) is 10.6 Å². The van der Waals surface area contributed by atoms with Crippen LogP contribution in [0.2, 0.25) is 0 Å². The van der Waals surface area contributed by atoms with Gasteiger partial charge in [0.05, 0.1) is 12.0 Å². The molecule has 0 fully saturated rings. The van der Waals surface area contributed by atoms with Crippen molar-refractivity contribution in [2.45, 2.75) is 13.8 Å². The van der Waals surface area contributed by atoms with Gasteiger partial charge in [-0.1, -0.05) is 0 Å².